The van der Waals surface area contributed by atoms with E-state index in [1.807, 2.05) is 0 Å². The predicted molar refractivity (Wildman–Crippen MR) is 68.0 cm³/mol. The Labute approximate surface area is 110 Å². The van der Waals surface area contributed by atoms with Crippen LogP contribution in [0.25, 0.3) is 0 Å². The lowest BCUT2D eigenvalue weighted by molar-refractivity contribution is -0.123. The zero-order valence-electron chi connectivity index (χ0n) is 9.81. The highest BCUT2D eigenvalue weighted by Crippen LogP contribution is 2.31. The number of halogens is 1. The molecule has 4 N–H and O–H groups in total. The smallest absolute Gasteiger partial charge is 0.315 e. The zero-order valence-corrected chi connectivity index (χ0v) is 10.6. The van der Waals surface area contributed by atoms with Gasteiger partial charge in [-0.1, -0.05) is 29.8 Å². The molecule has 2 rings (SSSR count). The topological polar surface area (TPSA) is 84.2 Å². The maximum Gasteiger partial charge on any atom is 0.315 e. The number of benzene rings is 1. The van der Waals surface area contributed by atoms with Crippen molar-refractivity contribution < 1.29 is 9.59 Å². The molecule has 1 saturated heterocycles. The highest BCUT2D eigenvalue weighted by Gasteiger charge is 2.39. The van der Waals surface area contributed by atoms with E-state index in [1.54, 1.807) is 31.2 Å². The molecular weight excluding hydrogens is 254 g/mol. The Kier molecular flexibility index (Phi) is 3.43. The lowest BCUT2D eigenvalue weighted by atomic mass is 9.85. The summed E-state index contributed by atoms with van der Waals surface area (Å²) < 4.78 is 0. The summed E-state index contributed by atoms with van der Waals surface area (Å²) in [5.41, 5.74) is 6.11. The van der Waals surface area contributed by atoms with Crippen LogP contribution < -0.4 is 16.4 Å². The zero-order chi connectivity index (χ0) is 13.3. The molecule has 1 fully saturated rings. The maximum absolute atomic E-state index is 11.6. The molecule has 0 bridgehead atoms. The van der Waals surface area contributed by atoms with E-state index in [4.69, 9.17) is 17.3 Å². The number of nitrogens with two attached hydrogens (primary N) is 1. The number of hydrogen-bond acceptors (Lipinski definition) is 2. The molecule has 0 aromatic heterocycles. The van der Waals surface area contributed by atoms with Crippen LogP contribution in [0.5, 0.6) is 0 Å². The number of primary amides is 1. The summed E-state index contributed by atoms with van der Waals surface area (Å²) in [5, 5.41) is 5.84. The Morgan fingerprint density at radius 2 is 2.00 bits per heavy atom. The van der Waals surface area contributed by atoms with Gasteiger partial charge in [-0.3, -0.25) is 4.79 Å². The van der Waals surface area contributed by atoms with Crippen molar-refractivity contribution in [3.05, 3.63) is 34.9 Å². The van der Waals surface area contributed by atoms with E-state index in [1.165, 1.54) is 0 Å². The fourth-order valence-electron chi connectivity index (χ4n) is 2.27. The number of urea groups is 1. The van der Waals surface area contributed by atoms with E-state index in [0.717, 1.165) is 0 Å². The second kappa shape index (κ2) is 4.86. The monoisotopic (exact) mass is 267 g/mol. The van der Waals surface area contributed by atoms with Crippen LogP contribution >= 0.6 is 11.6 Å². The van der Waals surface area contributed by atoms with Gasteiger partial charge in [-0.25, -0.2) is 4.79 Å². The highest BCUT2D eigenvalue weighted by atomic mass is 35.5. The van der Waals surface area contributed by atoms with Crippen molar-refractivity contribution in [1.29, 1.82) is 0 Å². The minimum atomic E-state index is -0.539. The fourth-order valence-corrected chi connectivity index (χ4v) is 2.52. The van der Waals surface area contributed by atoms with Gasteiger partial charge in [0.25, 0.3) is 0 Å². The van der Waals surface area contributed by atoms with Gasteiger partial charge >= 0.3 is 6.03 Å². The van der Waals surface area contributed by atoms with E-state index in [2.05, 4.69) is 10.6 Å². The van der Waals surface area contributed by atoms with Crippen molar-refractivity contribution in [2.45, 2.75) is 19.0 Å². The van der Waals surface area contributed by atoms with E-state index >= 15 is 0 Å². The summed E-state index contributed by atoms with van der Waals surface area (Å²) in [7, 11) is 0. The first-order chi connectivity index (χ1) is 8.50. The fraction of sp³-hybridized carbons (Fsp3) is 0.333. The Morgan fingerprint density at radius 3 is 2.61 bits per heavy atom. The molecular formula is C12H14ClN3O2. The molecule has 3 unspecified atom stereocenters. The summed E-state index contributed by atoms with van der Waals surface area (Å²) in [4.78, 5) is 23.1. The molecule has 1 aromatic rings. The lowest BCUT2D eigenvalue weighted by Gasteiger charge is -2.36. The van der Waals surface area contributed by atoms with Crippen molar-refractivity contribution in [2.24, 2.45) is 11.7 Å². The van der Waals surface area contributed by atoms with E-state index in [9.17, 15) is 9.59 Å². The Hall–Kier alpha value is -1.75. The minimum Gasteiger partial charge on any atom is -0.369 e. The largest absolute Gasteiger partial charge is 0.369 e. The molecule has 0 saturated carbocycles. The molecule has 1 heterocycles. The van der Waals surface area contributed by atoms with Crippen LogP contribution in [0.3, 0.4) is 0 Å². The van der Waals surface area contributed by atoms with Crippen molar-refractivity contribution in [1.82, 2.24) is 10.6 Å². The van der Waals surface area contributed by atoms with Crippen LogP contribution in [-0.4, -0.2) is 18.0 Å². The minimum absolute atomic E-state index is 0.329. The van der Waals surface area contributed by atoms with Gasteiger partial charge in [0.15, 0.2) is 0 Å². The third kappa shape index (κ3) is 2.26. The van der Waals surface area contributed by atoms with Gasteiger partial charge in [-0.05, 0) is 18.6 Å². The molecule has 3 amide bonds. The highest BCUT2D eigenvalue weighted by molar-refractivity contribution is 6.31. The molecule has 6 heteroatoms. The number of hydrogen-bond donors (Lipinski definition) is 3. The van der Waals surface area contributed by atoms with Crippen LogP contribution in [0.15, 0.2) is 24.3 Å². The average Bonchev–Trinajstić information content (AvgIpc) is 2.27. The van der Waals surface area contributed by atoms with Gasteiger partial charge < -0.3 is 16.4 Å². The number of nitrogens with one attached hydrogen (secondary N) is 2. The molecule has 1 aliphatic heterocycles. The summed E-state index contributed by atoms with van der Waals surface area (Å²) in [5.74, 6) is -1.01. The summed E-state index contributed by atoms with van der Waals surface area (Å²) in [6.07, 6.45) is 0. The van der Waals surface area contributed by atoms with E-state index in [0.29, 0.717) is 10.6 Å². The first kappa shape index (κ1) is 12.7. The second-order valence-corrected chi connectivity index (χ2v) is 4.74. The number of carbonyl (C=O) groups is 2. The van der Waals surface area contributed by atoms with Crippen molar-refractivity contribution in [3.8, 4) is 0 Å². The first-order valence-electron chi connectivity index (χ1n) is 5.61. The Morgan fingerprint density at radius 1 is 1.33 bits per heavy atom. The lowest BCUT2D eigenvalue weighted by Crippen LogP contribution is -2.58. The number of carbonyl (C=O) groups excluding carboxylic acids is 2. The van der Waals surface area contributed by atoms with Crippen molar-refractivity contribution >= 4 is 23.5 Å². The van der Waals surface area contributed by atoms with Gasteiger partial charge in [0.2, 0.25) is 5.91 Å². The molecule has 5 nitrogen and oxygen atoms in total. The van der Waals surface area contributed by atoms with Gasteiger partial charge in [0, 0.05) is 11.1 Å². The van der Waals surface area contributed by atoms with Crippen LogP contribution in [-0.2, 0) is 4.79 Å². The SMILES string of the molecule is CC1NC(=O)NC(c2ccccc2Cl)C1C(N)=O. The molecule has 1 aromatic carbocycles. The molecule has 3 atom stereocenters. The quantitative estimate of drug-likeness (QED) is 0.752. The van der Waals surface area contributed by atoms with E-state index in [-0.39, 0.29) is 12.1 Å². The number of rotatable bonds is 2. The van der Waals surface area contributed by atoms with Crippen molar-refractivity contribution in [2.75, 3.05) is 0 Å². The molecule has 0 radical (unpaired) electrons. The van der Waals surface area contributed by atoms with Crippen LogP contribution in [0.4, 0.5) is 4.79 Å². The Bertz CT molecular complexity index is 492. The normalized spacial score (nSPS) is 27.2. The van der Waals surface area contributed by atoms with Crippen LogP contribution in [0.2, 0.25) is 5.02 Å². The van der Waals surface area contributed by atoms with Gasteiger partial charge in [0.1, 0.15) is 0 Å². The summed E-state index contributed by atoms with van der Waals surface area (Å²) in [6, 6.07) is 5.92. The summed E-state index contributed by atoms with van der Waals surface area (Å²) >= 11 is 6.10. The average molecular weight is 268 g/mol. The maximum atomic E-state index is 11.6. The molecule has 0 aliphatic carbocycles. The molecule has 96 valence electrons. The van der Waals surface area contributed by atoms with Crippen LogP contribution in [0, 0.1) is 5.92 Å². The second-order valence-electron chi connectivity index (χ2n) is 4.33. The molecule has 18 heavy (non-hydrogen) atoms. The van der Waals surface area contributed by atoms with Crippen LogP contribution in [0.1, 0.15) is 18.5 Å². The standard InChI is InChI=1S/C12H14ClN3O2/c1-6-9(11(14)17)10(16-12(18)15-6)7-4-2-3-5-8(7)13/h2-6,9-10H,1H3,(H2,14,17)(H2,15,16,18). The predicted octanol–water partition coefficient (Wildman–Crippen LogP) is 1.18. The third-order valence-corrected chi connectivity index (χ3v) is 3.46. The molecule has 0 spiro atoms. The number of amides is 3. The van der Waals surface area contributed by atoms with E-state index < -0.39 is 17.9 Å². The Balaban J connectivity index is 2.41. The van der Waals surface area contributed by atoms with Gasteiger partial charge in [0.05, 0.1) is 12.0 Å². The molecule has 1 aliphatic rings. The summed E-state index contributed by atoms with van der Waals surface area (Å²) in [6.45, 7) is 1.75. The third-order valence-electron chi connectivity index (χ3n) is 3.11. The van der Waals surface area contributed by atoms with Gasteiger partial charge in [-0.15, -0.1) is 0 Å². The van der Waals surface area contributed by atoms with Gasteiger partial charge in [-0.2, -0.15) is 0 Å². The first-order valence-corrected chi connectivity index (χ1v) is 5.99. The van der Waals surface area contributed by atoms with Crippen molar-refractivity contribution in [3.63, 3.8) is 0 Å².